The Balaban J connectivity index is 1.86. The molecule has 0 amide bonds. The van der Waals surface area contributed by atoms with E-state index in [1.54, 1.807) is 0 Å². The number of hydrogen-bond acceptors (Lipinski definition) is 3. The Morgan fingerprint density at radius 1 is 1.58 bits per heavy atom. The average Bonchev–Trinajstić information content (AvgIpc) is 2.51. The summed E-state index contributed by atoms with van der Waals surface area (Å²) in [5.74, 6) is 0.852. The van der Waals surface area contributed by atoms with Gasteiger partial charge in [-0.05, 0) is 38.8 Å². The van der Waals surface area contributed by atoms with E-state index in [1.165, 1.54) is 19.3 Å². The van der Waals surface area contributed by atoms with Crippen LogP contribution in [0.2, 0.25) is 0 Å². The summed E-state index contributed by atoms with van der Waals surface area (Å²) >= 11 is 0. The summed E-state index contributed by atoms with van der Waals surface area (Å²) < 4.78 is 0. The highest BCUT2D eigenvalue weighted by molar-refractivity contribution is 5.58. The van der Waals surface area contributed by atoms with Gasteiger partial charge in [0.25, 0.3) is 0 Å². The maximum atomic E-state index is 4.40. The van der Waals surface area contributed by atoms with Gasteiger partial charge in [0, 0.05) is 6.04 Å². The summed E-state index contributed by atoms with van der Waals surface area (Å²) in [6, 6.07) is 1.22. The van der Waals surface area contributed by atoms with Crippen molar-refractivity contribution >= 4 is 6.34 Å². The molecule has 1 aliphatic carbocycles. The maximum Gasteiger partial charge on any atom is 0.0831 e. The van der Waals surface area contributed by atoms with E-state index in [-0.39, 0.29) is 0 Å². The second kappa shape index (κ2) is 3.44. The molecule has 3 heteroatoms. The molecule has 12 heavy (non-hydrogen) atoms. The first-order chi connectivity index (χ1) is 5.90. The summed E-state index contributed by atoms with van der Waals surface area (Å²) in [4.78, 5) is 4.40. The number of fused-ring (bicyclic) bond motifs is 1. The van der Waals surface area contributed by atoms with Gasteiger partial charge in [-0.25, -0.2) is 0 Å². The fraction of sp³-hybridized carbons (Fsp3) is 0.889. The summed E-state index contributed by atoms with van der Waals surface area (Å²) in [7, 11) is 2.03. The van der Waals surface area contributed by atoms with Crippen LogP contribution in [0.15, 0.2) is 4.99 Å². The SMILES string of the molecule is CNCC1CCC2N=CNC2C1. The van der Waals surface area contributed by atoms with Gasteiger partial charge in [-0.3, -0.25) is 4.99 Å². The molecule has 68 valence electrons. The smallest absolute Gasteiger partial charge is 0.0831 e. The van der Waals surface area contributed by atoms with Crippen molar-refractivity contribution in [2.45, 2.75) is 31.3 Å². The lowest BCUT2D eigenvalue weighted by Crippen LogP contribution is -2.40. The molecular formula is C9H17N3. The van der Waals surface area contributed by atoms with Gasteiger partial charge in [-0.1, -0.05) is 0 Å². The van der Waals surface area contributed by atoms with Gasteiger partial charge in [0.2, 0.25) is 0 Å². The molecule has 1 heterocycles. The van der Waals surface area contributed by atoms with Crippen molar-refractivity contribution < 1.29 is 0 Å². The fourth-order valence-electron chi connectivity index (χ4n) is 2.31. The number of rotatable bonds is 2. The van der Waals surface area contributed by atoms with Gasteiger partial charge >= 0.3 is 0 Å². The quantitative estimate of drug-likeness (QED) is 0.623. The summed E-state index contributed by atoms with van der Waals surface area (Å²) in [5, 5.41) is 6.58. The molecule has 3 atom stereocenters. The Kier molecular flexibility index (Phi) is 2.30. The first kappa shape index (κ1) is 8.05. The molecule has 0 spiro atoms. The van der Waals surface area contributed by atoms with Crippen LogP contribution in [0.1, 0.15) is 19.3 Å². The zero-order valence-electron chi connectivity index (χ0n) is 7.59. The molecule has 0 radical (unpaired) electrons. The van der Waals surface area contributed by atoms with Crippen molar-refractivity contribution in [3.63, 3.8) is 0 Å². The van der Waals surface area contributed by atoms with Gasteiger partial charge in [-0.2, -0.15) is 0 Å². The van der Waals surface area contributed by atoms with Crippen molar-refractivity contribution in [2.24, 2.45) is 10.9 Å². The minimum absolute atomic E-state index is 0.582. The Hall–Kier alpha value is -0.570. The van der Waals surface area contributed by atoms with Crippen molar-refractivity contribution in [1.29, 1.82) is 0 Å². The maximum absolute atomic E-state index is 4.40. The molecule has 1 fully saturated rings. The molecule has 3 unspecified atom stereocenters. The van der Waals surface area contributed by atoms with Crippen LogP contribution in [0.25, 0.3) is 0 Å². The van der Waals surface area contributed by atoms with E-state index in [4.69, 9.17) is 0 Å². The van der Waals surface area contributed by atoms with Crippen LogP contribution in [0.5, 0.6) is 0 Å². The fourth-order valence-corrected chi connectivity index (χ4v) is 2.31. The van der Waals surface area contributed by atoms with Crippen LogP contribution >= 0.6 is 0 Å². The van der Waals surface area contributed by atoms with Crippen molar-refractivity contribution in [2.75, 3.05) is 13.6 Å². The lowest BCUT2D eigenvalue weighted by Gasteiger charge is -2.30. The monoisotopic (exact) mass is 167 g/mol. The highest BCUT2D eigenvalue weighted by Gasteiger charge is 2.31. The van der Waals surface area contributed by atoms with E-state index in [2.05, 4.69) is 15.6 Å². The van der Waals surface area contributed by atoms with E-state index >= 15 is 0 Å². The van der Waals surface area contributed by atoms with Crippen molar-refractivity contribution in [3.8, 4) is 0 Å². The van der Waals surface area contributed by atoms with Gasteiger partial charge < -0.3 is 10.6 Å². The minimum atomic E-state index is 0.582. The van der Waals surface area contributed by atoms with Crippen molar-refractivity contribution in [3.05, 3.63) is 0 Å². The van der Waals surface area contributed by atoms with Crippen molar-refractivity contribution in [1.82, 2.24) is 10.6 Å². The molecule has 2 aliphatic rings. The number of hydrogen-bond donors (Lipinski definition) is 2. The Labute approximate surface area is 73.6 Å². The largest absolute Gasteiger partial charge is 0.372 e. The molecular weight excluding hydrogens is 150 g/mol. The highest BCUT2D eigenvalue weighted by atomic mass is 15.1. The van der Waals surface area contributed by atoms with Gasteiger partial charge in [-0.15, -0.1) is 0 Å². The molecule has 0 aromatic rings. The average molecular weight is 167 g/mol. The molecule has 2 N–H and O–H groups in total. The molecule has 2 rings (SSSR count). The predicted octanol–water partition coefficient (Wildman–Crippen LogP) is 0.375. The minimum Gasteiger partial charge on any atom is -0.372 e. The third-order valence-electron chi connectivity index (χ3n) is 2.97. The lowest BCUT2D eigenvalue weighted by atomic mass is 9.83. The normalized spacial score (nSPS) is 39.2. The molecule has 0 aromatic carbocycles. The predicted molar refractivity (Wildman–Crippen MR) is 50.5 cm³/mol. The number of nitrogens with zero attached hydrogens (tertiary/aromatic N) is 1. The topological polar surface area (TPSA) is 36.4 Å². The Bertz CT molecular complexity index is 179. The molecule has 0 saturated heterocycles. The van der Waals surface area contributed by atoms with Crippen LogP contribution < -0.4 is 10.6 Å². The van der Waals surface area contributed by atoms with Crippen LogP contribution in [0, 0.1) is 5.92 Å². The van der Waals surface area contributed by atoms with E-state index in [0.717, 1.165) is 12.5 Å². The third-order valence-corrected chi connectivity index (χ3v) is 2.97. The van der Waals surface area contributed by atoms with E-state index in [9.17, 15) is 0 Å². The van der Waals surface area contributed by atoms with Crippen LogP contribution in [0.3, 0.4) is 0 Å². The summed E-state index contributed by atoms with van der Waals surface area (Å²) in [6.07, 6.45) is 5.77. The standard InChI is InChI=1S/C9H17N3/c1-10-5-7-2-3-8-9(4-7)12-6-11-8/h6-10H,2-5H2,1H3,(H,11,12). The summed E-state index contributed by atoms with van der Waals surface area (Å²) in [6.45, 7) is 1.16. The van der Waals surface area contributed by atoms with Gasteiger partial charge in [0.15, 0.2) is 0 Å². The van der Waals surface area contributed by atoms with Crippen LogP contribution in [-0.4, -0.2) is 32.0 Å². The number of aliphatic imine (C=N–C) groups is 1. The molecule has 1 saturated carbocycles. The molecule has 0 bridgehead atoms. The Morgan fingerprint density at radius 3 is 3.33 bits per heavy atom. The van der Waals surface area contributed by atoms with Crippen LogP contribution in [-0.2, 0) is 0 Å². The van der Waals surface area contributed by atoms with E-state index in [1.807, 2.05) is 13.4 Å². The molecule has 0 aromatic heterocycles. The molecule has 3 nitrogen and oxygen atoms in total. The van der Waals surface area contributed by atoms with Gasteiger partial charge in [0.05, 0.1) is 12.4 Å². The summed E-state index contributed by atoms with van der Waals surface area (Å²) in [5.41, 5.74) is 0. The van der Waals surface area contributed by atoms with Crippen LogP contribution in [0.4, 0.5) is 0 Å². The zero-order valence-corrected chi connectivity index (χ0v) is 7.59. The number of nitrogens with one attached hydrogen (secondary N) is 2. The highest BCUT2D eigenvalue weighted by Crippen LogP contribution is 2.27. The van der Waals surface area contributed by atoms with E-state index < -0.39 is 0 Å². The van der Waals surface area contributed by atoms with Gasteiger partial charge in [0.1, 0.15) is 0 Å². The first-order valence-corrected chi connectivity index (χ1v) is 4.82. The second-order valence-corrected chi connectivity index (χ2v) is 3.86. The molecule has 1 aliphatic heterocycles. The lowest BCUT2D eigenvalue weighted by molar-refractivity contribution is 0.285. The first-order valence-electron chi connectivity index (χ1n) is 4.82. The second-order valence-electron chi connectivity index (χ2n) is 3.86. The van der Waals surface area contributed by atoms with E-state index in [0.29, 0.717) is 12.1 Å². The Morgan fingerprint density at radius 2 is 2.50 bits per heavy atom. The third kappa shape index (κ3) is 1.46. The zero-order chi connectivity index (χ0) is 8.39.